The SMILES string of the molecule is CCOC(=O)C(C)(N)CCN1CCCCC1C. The maximum absolute atomic E-state index is 11.7. The maximum Gasteiger partial charge on any atom is 0.325 e. The van der Waals surface area contributed by atoms with Crippen molar-refractivity contribution in [1.29, 1.82) is 0 Å². The summed E-state index contributed by atoms with van der Waals surface area (Å²) in [6.45, 7) is 8.22. The van der Waals surface area contributed by atoms with Crippen LogP contribution < -0.4 is 5.73 Å². The van der Waals surface area contributed by atoms with Crippen LogP contribution in [0.5, 0.6) is 0 Å². The minimum Gasteiger partial charge on any atom is -0.465 e. The van der Waals surface area contributed by atoms with Gasteiger partial charge in [-0.3, -0.25) is 4.79 Å². The summed E-state index contributed by atoms with van der Waals surface area (Å²) in [6.07, 6.45) is 4.48. The van der Waals surface area contributed by atoms with Gasteiger partial charge in [-0.15, -0.1) is 0 Å². The van der Waals surface area contributed by atoms with Crippen molar-refractivity contribution in [3.63, 3.8) is 0 Å². The van der Waals surface area contributed by atoms with Crippen molar-refractivity contribution >= 4 is 5.97 Å². The molecule has 1 aliphatic heterocycles. The first-order valence-electron chi connectivity index (χ1n) is 6.67. The summed E-state index contributed by atoms with van der Waals surface area (Å²) >= 11 is 0. The van der Waals surface area contributed by atoms with E-state index in [1.165, 1.54) is 19.3 Å². The number of nitrogens with two attached hydrogens (primary N) is 1. The monoisotopic (exact) mass is 242 g/mol. The van der Waals surface area contributed by atoms with E-state index in [0.717, 1.165) is 13.1 Å². The van der Waals surface area contributed by atoms with Gasteiger partial charge in [0.05, 0.1) is 6.61 Å². The molecule has 1 heterocycles. The van der Waals surface area contributed by atoms with Gasteiger partial charge in [0, 0.05) is 12.6 Å². The Kier molecular flexibility index (Phi) is 5.40. The molecule has 1 rings (SSSR count). The summed E-state index contributed by atoms with van der Waals surface area (Å²) in [5, 5.41) is 0. The highest BCUT2D eigenvalue weighted by Crippen LogP contribution is 2.18. The lowest BCUT2D eigenvalue weighted by Gasteiger charge is -2.35. The van der Waals surface area contributed by atoms with Gasteiger partial charge in [-0.05, 0) is 46.6 Å². The lowest BCUT2D eigenvalue weighted by Crippen LogP contribution is -2.50. The Morgan fingerprint density at radius 3 is 2.82 bits per heavy atom. The average molecular weight is 242 g/mol. The molecule has 0 saturated carbocycles. The summed E-state index contributed by atoms with van der Waals surface area (Å²) < 4.78 is 4.99. The quantitative estimate of drug-likeness (QED) is 0.743. The maximum atomic E-state index is 11.7. The zero-order valence-corrected chi connectivity index (χ0v) is 11.4. The van der Waals surface area contributed by atoms with Gasteiger partial charge >= 0.3 is 5.97 Å². The van der Waals surface area contributed by atoms with Gasteiger partial charge in [-0.25, -0.2) is 0 Å². The van der Waals surface area contributed by atoms with Crippen LogP contribution in [0.2, 0.25) is 0 Å². The van der Waals surface area contributed by atoms with Crippen molar-refractivity contribution in [2.75, 3.05) is 19.7 Å². The molecule has 0 bridgehead atoms. The molecule has 2 unspecified atom stereocenters. The number of ether oxygens (including phenoxy) is 1. The van der Waals surface area contributed by atoms with Gasteiger partial charge in [-0.2, -0.15) is 0 Å². The Labute approximate surface area is 104 Å². The number of hydrogen-bond donors (Lipinski definition) is 1. The summed E-state index contributed by atoms with van der Waals surface area (Å²) in [7, 11) is 0. The van der Waals surface area contributed by atoms with Gasteiger partial charge in [0.15, 0.2) is 0 Å². The van der Waals surface area contributed by atoms with E-state index >= 15 is 0 Å². The van der Waals surface area contributed by atoms with Gasteiger partial charge in [-0.1, -0.05) is 6.42 Å². The van der Waals surface area contributed by atoms with Crippen molar-refractivity contribution in [1.82, 2.24) is 4.90 Å². The number of nitrogens with zero attached hydrogens (tertiary/aromatic N) is 1. The average Bonchev–Trinajstić information content (AvgIpc) is 2.28. The summed E-state index contributed by atoms with van der Waals surface area (Å²) in [4.78, 5) is 14.1. The van der Waals surface area contributed by atoms with Crippen molar-refractivity contribution in [3.05, 3.63) is 0 Å². The fourth-order valence-corrected chi connectivity index (χ4v) is 2.26. The van der Waals surface area contributed by atoms with Crippen molar-refractivity contribution in [2.45, 2.75) is 58.0 Å². The van der Waals surface area contributed by atoms with Crippen LogP contribution >= 0.6 is 0 Å². The summed E-state index contributed by atoms with van der Waals surface area (Å²) in [6, 6.07) is 0.613. The Morgan fingerprint density at radius 1 is 1.53 bits per heavy atom. The molecule has 0 aromatic carbocycles. The van der Waals surface area contributed by atoms with Crippen molar-refractivity contribution in [3.8, 4) is 0 Å². The van der Waals surface area contributed by atoms with Crippen LogP contribution in [-0.4, -0.2) is 42.1 Å². The third-order valence-electron chi connectivity index (χ3n) is 3.60. The molecule has 1 aliphatic rings. The van der Waals surface area contributed by atoms with E-state index in [2.05, 4.69) is 11.8 Å². The lowest BCUT2D eigenvalue weighted by atomic mass is 9.97. The van der Waals surface area contributed by atoms with Crippen LogP contribution in [0.3, 0.4) is 0 Å². The molecule has 4 nitrogen and oxygen atoms in total. The van der Waals surface area contributed by atoms with Crippen LogP contribution in [0, 0.1) is 0 Å². The van der Waals surface area contributed by atoms with Crippen LogP contribution in [0.1, 0.15) is 46.5 Å². The van der Waals surface area contributed by atoms with Gasteiger partial charge in [0.1, 0.15) is 5.54 Å². The summed E-state index contributed by atoms with van der Waals surface area (Å²) in [5.41, 5.74) is 5.15. The third kappa shape index (κ3) is 4.28. The lowest BCUT2D eigenvalue weighted by molar-refractivity contribution is -0.149. The molecule has 2 N–H and O–H groups in total. The number of likely N-dealkylation sites (tertiary alicyclic amines) is 1. The second kappa shape index (κ2) is 6.36. The molecule has 0 amide bonds. The molecule has 17 heavy (non-hydrogen) atoms. The molecule has 0 aliphatic carbocycles. The second-order valence-corrected chi connectivity index (χ2v) is 5.27. The van der Waals surface area contributed by atoms with Crippen molar-refractivity contribution in [2.24, 2.45) is 5.73 Å². The standard InChI is InChI=1S/C13H26N2O2/c1-4-17-12(16)13(3,14)8-10-15-9-6-5-7-11(15)2/h11H,4-10,14H2,1-3H3. The number of carbonyl (C=O) groups excluding carboxylic acids is 1. The largest absolute Gasteiger partial charge is 0.465 e. The Hall–Kier alpha value is -0.610. The molecular formula is C13H26N2O2. The zero-order valence-electron chi connectivity index (χ0n) is 11.4. The fraction of sp³-hybridized carbons (Fsp3) is 0.923. The number of rotatable bonds is 5. The van der Waals surface area contributed by atoms with E-state index < -0.39 is 5.54 Å². The van der Waals surface area contributed by atoms with E-state index in [-0.39, 0.29) is 5.97 Å². The minimum absolute atomic E-state index is 0.287. The third-order valence-corrected chi connectivity index (χ3v) is 3.60. The van der Waals surface area contributed by atoms with Crippen molar-refractivity contribution < 1.29 is 9.53 Å². The first-order valence-corrected chi connectivity index (χ1v) is 6.67. The molecule has 0 aromatic rings. The molecule has 1 fully saturated rings. The molecule has 4 heteroatoms. The van der Waals surface area contributed by atoms with Crippen LogP contribution in [0.4, 0.5) is 0 Å². The van der Waals surface area contributed by atoms with Gasteiger partial charge in [0.25, 0.3) is 0 Å². The first-order chi connectivity index (χ1) is 7.97. The highest BCUT2D eigenvalue weighted by atomic mass is 16.5. The molecule has 1 saturated heterocycles. The van der Waals surface area contributed by atoms with E-state index in [0.29, 0.717) is 19.1 Å². The van der Waals surface area contributed by atoms with Gasteiger partial charge in [0.2, 0.25) is 0 Å². The Bertz CT molecular complexity index is 254. The normalized spacial score (nSPS) is 25.3. The molecule has 0 spiro atoms. The molecule has 100 valence electrons. The molecule has 0 aromatic heterocycles. The Morgan fingerprint density at radius 2 is 2.24 bits per heavy atom. The number of esters is 1. The number of piperidine rings is 1. The van der Waals surface area contributed by atoms with Crippen LogP contribution in [0.15, 0.2) is 0 Å². The highest BCUT2D eigenvalue weighted by Gasteiger charge is 2.31. The first kappa shape index (κ1) is 14.5. The number of carbonyl (C=O) groups is 1. The molecule has 0 radical (unpaired) electrons. The Balaban J connectivity index is 2.40. The van der Waals surface area contributed by atoms with Gasteiger partial charge < -0.3 is 15.4 Å². The topological polar surface area (TPSA) is 55.6 Å². The zero-order chi connectivity index (χ0) is 12.9. The highest BCUT2D eigenvalue weighted by molar-refractivity contribution is 5.79. The minimum atomic E-state index is -0.854. The summed E-state index contributed by atoms with van der Waals surface area (Å²) in [5.74, 6) is -0.287. The van der Waals surface area contributed by atoms with Crippen LogP contribution in [-0.2, 0) is 9.53 Å². The smallest absolute Gasteiger partial charge is 0.325 e. The molecular weight excluding hydrogens is 216 g/mol. The number of hydrogen-bond acceptors (Lipinski definition) is 4. The van der Waals surface area contributed by atoms with E-state index in [9.17, 15) is 4.79 Å². The fourth-order valence-electron chi connectivity index (χ4n) is 2.26. The van der Waals surface area contributed by atoms with Crippen LogP contribution in [0.25, 0.3) is 0 Å². The second-order valence-electron chi connectivity index (χ2n) is 5.27. The van der Waals surface area contributed by atoms with E-state index in [1.54, 1.807) is 13.8 Å². The van der Waals surface area contributed by atoms with E-state index in [1.807, 2.05) is 0 Å². The predicted octanol–water partition coefficient (Wildman–Crippen LogP) is 1.53. The van der Waals surface area contributed by atoms with E-state index in [4.69, 9.17) is 10.5 Å². The molecule has 2 atom stereocenters. The predicted molar refractivity (Wildman–Crippen MR) is 68.7 cm³/mol.